The van der Waals surface area contributed by atoms with E-state index in [2.05, 4.69) is 15.1 Å². The minimum absolute atomic E-state index is 0.0427. The van der Waals surface area contributed by atoms with E-state index >= 15 is 0 Å². The standard InChI is InChI=1S/C34H35N5O7/c1-18-11-21(15-36(2)32(18)42)20-12-27(45-3)25(28(13-20)46-4)17-37-10-9-19-16-38(31(19)37)22-5-6-23-24(14-22)34(44)39(33(23)43)26-7-8-29(40)35-30(26)41/h5-6,11-15,19,26,31H,7-10,16-17H2,1-4H3,(H,35,40,41). The fourth-order valence-electron chi connectivity index (χ4n) is 7.38. The number of nitrogens with zero attached hydrogens (tertiary/aromatic N) is 4. The Kier molecular flexibility index (Phi) is 7.19. The fourth-order valence-corrected chi connectivity index (χ4v) is 7.38. The molecule has 12 heteroatoms. The molecule has 5 heterocycles. The Morgan fingerprint density at radius 1 is 0.891 bits per heavy atom. The zero-order valence-electron chi connectivity index (χ0n) is 26.2. The smallest absolute Gasteiger partial charge is 0.262 e. The van der Waals surface area contributed by atoms with Crippen LogP contribution in [0.25, 0.3) is 11.1 Å². The molecular formula is C34H35N5O7. The Labute approximate surface area is 265 Å². The number of benzene rings is 2. The SMILES string of the molecule is COc1cc(-c2cc(C)c(=O)n(C)c2)cc(OC)c1CN1CCC2CN(c3ccc4c(c3)C(=O)N(C3CCC(=O)NC3=O)C4=O)C21. The van der Waals surface area contributed by atoms with Crippen molar-refractivity contribution in [2.75, 3.05) is 32.2 Å². The van der Waals surface area contributed by atoms with Gasteiger partial charge in [-0.25, -0.2) is 0 Å². The molecule has 0 spiro atoms. The van der Waals surface area contributed by atoms with Gasteiger partial charge >= 0.3 is 0 Å². The number of nitrogens with one attached hydrogen (secondary N) is 1. The first-order valence-corrected chi connectivity index (χ1v) is 15.4. The van der Waals surface area contributed by atoms with Gasteiger partial charge in [-0.1, -0.05) is 0 Å². The highest BCUT2D eigenvalue weighted by molar-refractivity contribution is 6.23. The van der Waals surface area contributed by atoms with Crippen LogP contribution in [0.15, 0.2) is 47.4 Å². The average Bonchev–Trinajstić information content (AvgIpc) is 3.46. The Morgan fingerprint density at radius 3 is 2.28 bits per heavy atom. The Balaban J connectivity index is 1.14. The van der Waals surface area contributed by atoms with Crippen molar-refractivity contribution in [2.45, 2.75) is 44.9 Å². The van der Waals surface area contributed by atoms with Crippen molar-refractivity contribution in [3.05, 3.63) is 75.2 Å². The lowest BCUT2D eigenvalue weighted by Gasteiger charge is -2.49. The fraction of sp³-hybridized carbons (Fsp3) is 0.382. The zero-order valence-corrected chi connectivity index (χ0v) is 26.2. The summed E-state index contributed by atoms with van der Waals surface area (Å²) in [7, 11) is 5.01. The van der Waals surface area contributed by atoms with Gasteiger partial charge < -0.3 is 18.9 Å². The topological polar surface area (TPSA) is 130 Å². The van der Waals surface area contributed by atoms with Crippen molar-refractivity contribution in [1.29, 1.82) is 0 Å². The number of imide groups is 2. The number of likely N-dealkylation sites (tertiary alicyclic amines) is 1. The lowest BCUT2D eigenvalue weighted by atomic mass is 9.93. The van der Waals surface area contributed by atoms with E-state index in [1.807, 2.05) is 24.3 Å². The third-order valence-electron chi connectivity index (χ3n) is 9.75. The van der Waals surface area contributed by atoms with Crippen LogP contribution in [-0.4, -0.2) is 77.5 Å². The molecule has 0 radical (unpaired) electrons. The average molecular weight is 626 g/mol. The van der Waals surface area contributed by atoms with E-state index < -0.39 is 29.7 Å². The molecule has 0 saturated carbocycles. The zero-order chi connectivity index (χ0) is 32.4. The van der Waals surface area contributed by atoms with Crippen LogP contribution < -0.4 is 25.2 Å². The molecule has 238 valence electrons. The van der Waals surface area contributed by atoms with E-state index in [0.29, 0.717) is 29.5 Å². The molecule has 3 unspecified atom stereocenters. The van der Waals surface area contributed by atoms with Crippen molar-refractivity contribution < 1.29 is 28.7 Å². The van der Waals surface area contributed by atoms with Gasteiger partial charge in [0.25, 0.3) is 17.4 Å². The molecule has 0 bridgehead atoms. The molecule has 7 rings (SSSR count). The van der Waals surface area contributed by atoms with E-state index in [-0.39, 0.29) is 35.7 Å². The van der Waals surface area contributed by atoms with Crippen molar-refractivity contribution >= 4 is 29.3 Å². The molecule has 3 aromatic rings. The van der Waals surface area contributed by atoms with E-state index in [1.54, 1.807) is 51.1 Å². The molecule has 3 fully saturated rings. The van der Waals surface area contributed by atoms with Crippen LogP contribution in [0, 0.1) is 12.8 Å². The third-order valence-corrected chi connectivity index (χ3v) is 9.75. The van der Waals surface area contributed by atoms with Crippen LogP contribution in [-0.2, 0) is 23.2 Å². The number of fused-ring (bicyclic) bond motifs is 2. The number of anilines is 1. The molecule has 46 heavy (non-hydrogen) atoms. The van der Waals surface area contributed by atoms with Crippen LogP contribution in [0.5, 0.6) is 11.5 Å². The molecule has 12 nitrogen and oxygen atoms in total. The van der Waals surface area contributed by atoms with Gasteiger partial charge in [-0.15, -0.1) is 0 Å². The van der Waals surface area contributed by atoms with E-state index in [9.17, 15) is 24.0 Å². The lowest BCUT2D eigenvalue weighted by molar-refractivity contribution is -0.136. The first-order chi connectivity index (χ1) is 22.1. The number of amides is 4. The lowest BCUT2D eigenvalue weighted by Crippen LogP contribution is -2.59. The number of hydrogen-bond acceptors (Lipinski definition) is 9. The summed E-state index contributed by atoms with van der Waals surface area (Å²) in [5.74, 6) is -0.243. The van der Waals surface area contributed by atoms with Crippen LogP contribution in [0.4, 0.5) is 5.69 Å². The largest absolute Gasteiger partial charge is 0.496 e. The number of hydrogen-bond donors (Lipinski definition) is 1. The maximum absolute atomic E-state index is 13.4. The quantitative estimate of drug-likeness (QED) is 0.394. The molecule has 2 aromatic carbocycles. The Morgan fingerprint density at radius 2 is 1.61 bits per heavy atom. The van der Waals surface area contributed by atoms with Gasteiger partial charge in [-0.2, -0.15) is 0 Å². The second-order valence-corrected chi connectivity index (χ2v) is 12.4. The minimum Gasteiger partial charge on any atom is -0.496 e. The minimum atomic E-state index is -0.999. The maximum atomic E-state index is 13.4. The molecule has 3 atom stereocenters. The maximum Gasteiger partial charge on any atom is 0.262 e. The summed E-state index contributed by atoms with van der Waals surface area (Å²) in [4.78, 5) is 68.6. The summed E-state index contributed by atoms with van der Waals surface area (Å²) >= 11 is 0. The van der Waals surface area contributed by atoms with Gasteiger partial charge in [0.2, 0.25) is 11.8 Å². The Hall–Kier alpha value is -4.97. The van der Waals surface area contributed by atoms with Gasteiger partial charge in [0.05, 0.1) is 37.1 Å². The number of aromatic nitrogens is 1. The summed E-state index contributed by atoms with van der Waals surface area (Å²) in [6.07, 6.45) is 3.10. The molecule has 3 saturated heterocycles. The van der Waals surface area contributed by atoms with E-state index in [4.69, 9.17) is 9.47 Å². The highest BCUT2D eigenvalue weighted by Gasteiger charge is 2.49. The van der Waals surface area contributed by atoms with E-state index in [1.165, 1.54) is 0 Å². The normalized spacial score (nSPS) is 22.5. The van der Waals surface area contributed by atoms with Gasteiger partial charge in [-0.3, -0.25) is 39.1 Å². The number of pyridine rings is 1. The number of ether oxygens (including phenoxy) is 2. The first-order valence-electron chi connectivity index (χ1n) is 15.4. The predicted molar refractivity (Wildman–Crippen MR) is 168 cm³/mol. The molecule has 1 N–H and O–H groups in total. The molecule has 4 amide bonds. The van der Waals surface area contributed by atoms with Gasteiger partial charge in [-0.05, 0) is 67.3 Å². The number of rotatable bonds is 7. The number of carbonyl (C=O) groups excluding carboxylic acids is 4. The number of aryl methyl sites for hydroxylation is 2. The monoisotopic (exact) mass is 625 g/mol. The molecule has 4 aliphatic rings. The summed E-state index contributed by atoms with van der Waals surface area (Å²) in [5.41, 5.74) is 4.65. The predicted octanol–water partition coefficient (Wildman–Crippen LogP) is 2.45. The number of methoxy groups -OCH3 is 2. The molecular weight excluding hydrogens is 590 g/mol. The highest BCUT2D eigenvalue weighted by Crippen LogP contribution is 2.44. The van der Waals surface area contributed by atoms with Crippen LogP contribution in [0.1, 0.15) is 51.1 Å². The molecule has 4 aliphatic heterocycles. The molecule has 1 aromatic heterocycles. The number of carbonyl (C=O) groups is 4. The third kappa shape index (κ3) is 4.66. The van der Waals surface area contributed by atoms with Crippen LogP contribution in [0.2, 0.25) is 0 Å². The highest BCUT2D eigenvalue weighted by atomic mass is 16.5. The van der Waals surface area contributed by atoms with Gasteiger partial charge in [0, 0.05) is 56.5 Å². The summed E-state index contributed by atoms with van der Waals surface area (Å²) in [6, 6.07) is 10.1. The summed E-state index contributed by atoms with van der Waals surface area (Å²) in [6.45, 7) is 4.05. The second-order valence-electron chi connectivity index (χ2n) is 12.4. The van der Waals surface area contributed by atoms with Crippen molar-refractivity contribution in [3.63, 3.8) is 0 Å². The second kappa shape index (κ2) is 11.1. The summed E-state index contributed by atoms with van der Waals surface area (Å²) < 4.78 is 13.3. The van der Waals surface area contributed by atoms with Gasteiger partial charge in [0.1, 0.15) is 17.5 Å². The summed E-state index contributed by atoms with van der Waals surface area (Å²) in [5, 5.41) is 2.24. The van der Waals surface area contributed by atoms with Crippen molar-refractivity contribution in [2.24, 2.45) is 13.0 Å². The van der Waals surface area contributed by atoms with Crippen LogP contribution >= 0.6 is 0 Å². The Bertz CT molecular complexity index is 1830. The molecule has 0 aliphatic carbocycles. The first kappa shape index (κ1) is 29.7. The van der Waals surface area contributed by atoms with Crippen LogP contribution in [0.3, 0.4) is 0 Å². The van der Waals surface area contributed by atoms with Crippen molar-refractivity contribution in [3.8, 4) is 22.6 Å². The van der Waals surface area contributed by atoms with Crippen molar-refractivity contribution in [1.82, 2.24) is 19.7 Å². The number of piperidine rings is 1. The van der Waals surface area contributed by atoms with Gasteiger partial charge in [0.15, 0.2) is 0 Å². The van der Waals surface area contributed by atoms with E-state index in [0.717, 1.165) is 46.8 Å².